The van der Waals surface area contributed by atoms with Gasteiger partial charge in [-0.15, -0.1) is 0 Å². The van der Waals surface area contributed by atoms with E-state index in [0.29, 0.717) is 78.7 Å². The summed E-state index contributed by atoms with van der Waals surface area (Å²) in [5, 5.41) is 0. The van der Waals surface area contributed by atoms with Gasteiger partial charge in [-0.2, -0.15) is 0 Å². The van der Waals surface area contributed by atoms with E-state index in [1.165, 1.54) is 10.5 Å². The van der Waals surface area contributed by atoms with Crippen molar-refractivity contribution in [2.24, 2.45) is 0 Å². The van der Waals surface area contributed by atoms with Gasteiger partial charge in [0, 0.05) is 13.6 Å². The lowest BCUT2D eigenvalue weighted by Crippen LogP contribution is -2.38. The summed E-state index contributed by atoms with van der Waals surface area (Å²) in [6.45, 7) is 11.2. The largest absolute Gasteiger partial charge is 0.444 e. The number of carbonyl (C=O) groups excluding carboxylic acids is 1. The number of rotatable bonds is 19. The number of ether oxygens (including phenoxy) is 7. The van der Waals surface area contributed by atoms with Crippen LogP contribution in [0.15, 0.2) is 30.3 Å². The molecule has 1 saturated carbocycles. The molecule has 1 aromatic rings. The highest BCUT2D eigenvalue weighted by Gasteiger charge is 2.30. The Balaban J connectivity index is 1.26. The Morgan fingerprint density at radius 3 is 1.83 bits per heavy atom. The van der Waals surface area contributed by atoms with Crippen LogP contribution in [-0.4, -0.2) is 102 Å². The average molecular weight is 512 g/mol. The van der Waals surface area contributed by atoms with Gasteiger partial charge < -0.3 is 38.1 Å². The van der Waals surface area contributed by atoms with Gasteiger partial charge in [0.15, 0.2) is 0 Å². The lowest BCUT2D eigenvalue weighted by Gasteiger charge is -2.34. The van der Waals surface area contributed by atoms with Gasteiger partial charge in [-0.1, -0.05) is 30.3 Å². The second-order valence-corrected chi connectivity index (χ2v) is 9.73. The van der Waals surface area contributed by atoms with E-state index in [9.17, 15) is 4.79 Å². The van der Waals surface area contributed by atoms with E-state index in [4.69, 9.17) is 33.2 Å². The van der Waals surface area contributed by atoms with Gasteiger partial charge in [0.2, 0.25) is 0 Å². The van der Waals surface area contributed by atoms with Gasteiger partial charge >= 0.3 is 6.09 Å². The summed E-state index contributed by atoms with van der Waals surface area (Å²) in [7, 11) is 1.69. The van der Waals surface area contributed by atoms with Crippen LogP contribution in [0.4, 0.5) is 4.79 Å². The maximum absolute atomic E-state index is 11.8. The lowest BCUT2D eigenvalue weighted by molar-refractivity contribution is -0.115. The zero-order valence-electron chi connectivity index (χ0n) is 22.4. The normalized spacial score (nSPS) is 17.6. The summed E-state index contributed by atoms with van der Waals surface area (Å²) < 4.78 is 38.9. The van der Waals surface area contributed by atoms with Crippen molar-refractivity contribution in [2.75, 3.05) is 73.1 Å². The van der Waals surface area contributed by atoms with E-state index in [1.807, 2.05) is 39.0 Å². The molecule has 1 fully saturated rings. The zero-order valence-corrected chi connectivity index (χ0v) is 22.4. The second-order valence-electron chi connectivity index (χ2n) is 9.73. The number of amides is 1. The smallest absolute Gasteiger partial charge is 0.410 e. The molecule has 0 atom stereocenters. The van der Waals surface area contributed by atoms with E-state index >= 15 is 0 Å². The molecule has 1 amide bonds. The second kappa shape index (κ2) is 17.7. The highest BCUT2D eigenvalue weighted by molar-refractivity contribution is 5.67. The minimum absolute atomic E-state index is 0.276. The molecule has 0 radical (unpaired) electrons. The van der Waals surface area contributed by atoms with Crippen molar-refractivity contribution in [3.05, 3.63) is 35.9 Å². The van der Waals surface area contributed by atoms with Crippen LogP contribution in [0.1, 0.15) is 39.2 Å². The van der Waals surface area contributed by atoms with Gasteiger partial charge in [-0.3, -0.25) is 0 Å². The van der Waals surface area contributed by atoms with Crippen molar-refractivity contribution < 1.29 is 38.0 Å². The van der Waals surface area contributed by atoms with E-state index in [1.54, 1.807) is 7.05 Å². The molecule has 1 aromatic carbocycles. The number of likely N-dealkylation sites (N-methyl/N-ethyl adjacent to an activating group) is 1. The fraction of sp³-hybridized carbons (Fsp3) is 0.741. The molecule has 206 valence electrons. The van der Waals surface area contributed by atoms with Gasteiger partial charge in [-0.05, 0) is 39.2 Å². The van der Waals surface area contributed by atoms with Crippen LogP contribution in [0.2, 0.25) is 0 Å². The predicted octanol–water partition coefficient (Wildman–Crippen LogP) is 3.68. The summed E-state index contributed by atoms with van der Waals surface area (Å²) in [5.41, 5.74) is 0.706. The number of hydrogen-bond donors (Lipinski definition) is 0. The third-order valence-corrected chi connectivity index (χ3v) is 5.35. The van der Waals surface area contributed by atoms with Crippen LogP contribution in [0.25, 0.3) is 0 Å². The van der Waals surface area contributed by atoms with Gasteiger partial charge in [0.05, 0.1) is 78.3 Å². The Kier molecular flexibility index (Phi) is 15.0. The Morgan fingerprint density at radius 2 is 1.28 bits per heavy atom. The van der Waals surface area contributed by atoms with Crippen LogP contribution in [0, 0.1) is 0 Å². The first-order chi connectivity index (χ1) is 17.3. The molecule has 0 spiro atoms. The zero-order chi connectivity index (χ0) is 26.1. The van der Waals surface area contributed by atoms with E-state index in [-0.39, 0.29) is 12.2 Å². The number of carbonyl (C=O) groups is 1. The first-order valence-corrected chi connectivity index (χ1v) is 12.9. The Hall–Kier alpha value is -1.75. The van der Waals surface area contributed by atoms with Crippen molar-refractivity contribution >= 4 is 6.09 Å². The minimum Gasteiger partial charge on any atom is -0.444 e. The van der Waals surface area contributed by atoms with Crippen LogP contribution in [0.5, 0.6) is 0 Å². The van der Waals surface area contributed by atoms with Crippen molar-refractivity contribution in [1.29, 1.82) is 0 Å². The fourth-order valence-electron chi connectivity index (χ4n) is 3.25. The predicted molar refractivity (Wildman–Crippen MR) is 136 cm³/mol. The molecule has 36 heavy (non-hydrogen) atoms. The maximum Gasteiger partial charge on any atom is 0.410 e. The molecular weight excluding hydrogens is 466 g/mol. The molecular formula is C27H45NO8. The van der Waals surface area contributed by atoms with Gasteiger partial charge in [0.1, 0.15) is 5.60 Å². The number of nitrogens with zero attached hydrogens (tertiary/aromatic N) is 1. The standard InChI is InChI=1S/C27H45NO8/c1-27(2,3)36-26(29)28(4)10-11-30-12-13-31-14-15-32-16-17-33-18-19-34-24-20-25(21-24)35-22-23-8-6-5-7-9-23/h5-9,24-25H,10-22H2,1-4H3. The summed E-state index contributed by atoms with van der Waals surface area (Å²) in [6, 6.07) is 10.2. The third kappa shape index (κ3) is 14.7. The van der Waals surface area contributed by atoms with E-state index < -0.39 is 5.60 Å². The molecule has 0 aliphatic heterocycles. The Labute approximate surface area is 216 Å². The van der Waals surface area contributed by atoms with E-state index in [0.717, 1.165) is 12.8 Å². The Morgan fingerprint density at radius 1 is 0.778 bits per heavy atom. The molecule has 0 unspecified atom stereocenters. The van der Waals surface area contributed by atoms with Crippen LogP contribution >= 0.6 is 0 Å². The Bertz CT molecular complexity index is 691. The summed E-state index contributed by atoms with van der Waals surface area (Å²) in [5.74, 6) is 0. The van der Waals surface area contributed by atoms with Crippen LogP contribution in [-0.2, 0) is 39.8 Å². The maximum atomic E-state index is 11.8. The van der Waals surface area contributed by atoms with Crippen LogP contribution < -0.4 is 0 Å². The highest BCUT2D eigenvalue weighted by atomic mass is 16.6. The van der Waals surface area contributed by atoms with Crippen molar-refractivity contribution in [3.63, 3.8) is 0 Å². The first-order valence-electron chi connectivity index (χ1n) is 12.9. The molecule has 9 nitrogen and oxygen atoms in total. The lowest BCUT2D eigenvalue weighted by atomic mass is 9.92. The monoisotopic (exact) mass is 511 g/mol. The van der Waals surface area contributed by atoms with Crippen molar-refractivity contribution in [2.45, 2.75) is 58.0 Å². The molecule has 0 N–H and O–H groups in total. The number of benzene rings is 1. The molecule has 0 bridgehead atoms. The molecule has 1 aliphatic rings. The van der Waals surface area contributed by atoms with Gasteiger partial charge in [0.25, 0.3) is 0 Å². The summed E-state index contributed by atoms with van der Waals surface area (Å²) in [6.07, 6.45) is 2.11. The summed E-state index contributed by atoms with van der Waals surface area (Å²) in [4.78, 5) is 13.3. The number of hydrogen-bond acceptors (Lipinski definition) is 8. The van der Waals surface area contributed by atoms with E-state index in [2.05, 4.69) is 12.1 Å². The van der Waals surface area contributed by atoms with Crippen molar-refractivity contribution in [1.82, 2.24) is 4.90 Å². The first kappa shape index (κ1) is 30.5. The SMILES string of the molecule is CN(CCOCCOCCOCCOCCOC1CC(OCc2ccccc2)C1)C(=O)OC(C)(C)C. The van der Waals surface area contributed by atoms with Crippen LogP contribution in [0.3, 0.4) is 0 Å². The molecule has 1 aliphatic carbocycles. The molecule has 0 aromatic heterocycles. The minimum atomic E-state index is -0.498. The molecule has 9 heteroatoms. The highest BCUT2D eigenvalue weighted by Crippen LogP contribution is 2.27. The van der Waals surface area contributed by atoms with Gasteiger partial charge in [-0.25, -0.2) is 4.79 Å². The molecule has 0 heterocycles. The molecule has 0 saturated heterocycles. The average Bonchev–Trinajstić information content (AvgIpc) is 2.81. The quantitative estimate of drug-likeness (QED) is 0.260. The molecule has 2 rings (SSSR count). The summed E-state index contributed by atoms with van der Waals surface area (Å²) >= 11 is 0. The topological polar surface area (TPSA) is 84.9 Å². The fourth-order valence-corrected chi connectivity index (χ4v) is 3.25. The third-order valence-electron chi connectivity index (χ3n) is 5.35. The van der Waals surface area contributed by atoms with Crippen molar-refractivity contribution in [3.8, 4) is 0 Å².